The molecular formula is C14H18N2S. The van der Waals surface area contributed by atoms with Crippen molar-refractivity contribution in [2.75, 3.05) is 6.54 Å². The Labute approximate surface area is 107 Å². The highest BCUT2D eigenvalue weighted by Crippen LogP contribution is 2.26. The Morgan fingerprint density at radius 3 is 2.65 bits per heavy atom. The third-order valence-electron chi connectivity index (χ3n) is 2.89. The molecule has 17 heavy (non-hydrogen) atoms. The van der Waals surface area contributed by atoms with Gasteiger partial charge < -0.3 is 5.73 Å². The summed E-state index contributed by atoms with van der Waals surface area (Å²) in [6, 6.07) is 10.5. The molecule has 0 aliphatic heterocycles. The fourth-order valence-corrected chi connectivity index (χ4v) is 2.87. The third kappa shape index (κ3) is 2.93. The monoisotopic (exact) mass is 246 g/mol. The van der Waals surface area contributed by atoms with Crippen LogP contribution in [0.5, 0.6) is 0 Å². The Bertz CT molecular complexity index is 476. The molecule has 0 bridgehead atoms. The number of rotatable bonds is 4. The summed E-state index contributed by atoms with van der Waals surface area (Å²) in [6.45, 7) is 4.88. The molecule has 0 aliphatic carbocycles. The molecule has 2 aromatic rings. The van der Waals surface area contributed by atoms with Gasteiger partial charge in [-0.05, 0) is 12.5 Å². The Morgan fingerprint density at radius 1 is 1.29 bits per heavy atom. The summed E-state index contributed by atoms with van der Waals surface area (Å²) in [5.74, 6) is 0.364. The van der Waals surface area contributed by atoms with E-state index in [1.54, 1.807) is 11.3 Å². The first-order chi connectivity index (χ1) is 8.20. The molecule has 2 rings (SSSR count). The smallest absolute Gasteiger partial charge is 0.0971 e. The highest BCUT2D eigenvalue weighted by molar-refractivity contribution is 7.11. The van der Waals surface area contributed by atoms with Gasteiger partial charge in [0.15, 0.2) is 0 Å². The topological polar surface area (TPSA) is 38.9 Å². The molecule has 0 amide bonds. The first-order valence-electron chi connectivity index (χ1n) is 5.91. The predicted molar refractivity (Wildman–Crippen MR) is 73.6 cm³/mol. The molecule has 0 fully saturated rings. The molecule has 0 saturated carbocycles. The van der Waals surface area contributed by atoms with E-state index in [-0.39, 0.29) is 0 Å². The summed E-state index contributed by atoms with van der Waals surface area (Å²) in [6.07, 6.45) is 0.974. The average molecular weight is 246 g/mol. The number of nitrogens with zero attached hydrogens (tertiary/aromatic N) is 1. The summed E-state index contributed by atoms with van der Waals surface area (Å²) in [7, 11) is 0. The number of benzene rings is 1. The molecule has 0 spiro atoms. The minimum absolute atomic E-state index is 0.364. The summed E-state index contributed by atoms with van der Waals surface area (Å²) in [5, 5.41) is 1.16. The fraction of sp³-hybridized carbons (Fsp3) is 0.357. The van der Waals surface area contributed by atoms with Crippen molar-refractivity contribution in [3.8, 4) is 0 Å². The number of aryl methyl sites for hydroxylation is 1. The first kappa shape index (κ1) is 12.3. The Kier molecular flexibility index (Phi) is 3.92. The van der Waals surface area contributed by atoms with Gasteiger partial charge in [0, 0.05) is 23.8 Å². The maximum Gasteiger partial charge on any atom is 0.0971 e. The van der Waals surface area contributed by atoms with Gasteiger partial charge >= 0.3 is 0 Å². The lowest BCUT2D eigenvalue weighted by atomic mass is 10.1. The predicted octanol–water partition coefficient (Wildman–Crippen LogP) is 3.10. The highest BCUT2D eigenvalue weighted by atomic mass is 32.1. The molecule has 0 aliphatic rings. The number of thiazole rings is 1. The van der Waals surface area contributed by atoms with E-state index >= 15 is 0 Å². The van der Waals surface area contributed by atoms with Crippen molar-refractivity contribution < 1.29 is 0 Å². The lowest BCUT2D eigenvalue weighted by Crippen LogP contribution is -2.08. The zero-order valence-corrected chi connectivity index (χ0v) is 11.1. The van der Waals surface area contributed by atoms with E-state index in [9.17, 15) is 0 Å². The van der Waals surface area contributed by atoms with Crippen LogP contribution in [0.3, 0.4) is 0 Å². The number of nitrogens with two attached hydrogens (primary N) is 1. The molecule has 2 N–H and O–H groups in total. The van der Waals surface area contributed by atoms with E-state index in [1.165, 1.54) is 10.4 Å². The SMILES string of the molecule is Cc1nc(C(C)CN)sc1Cc1ccccc1. The van der Waals surface area contributed by atoms with Crippen LogP contribution in [0.15, 0.2) is 30.3 Å². The van der Waals surface area contributed by atoms with Gasteiger partial charge in [0.05, 0.1) is 10.7 Å². The fourth-order valence-electron chi connectivity index (χ4n) is 1.71. The van der Waals surface area contributed by atoms with E-state index in [1.807, 2.05) is 6.07 Å². The van der Waals surface area contributed by atoms with Crippen LogP contribution in [0.2, 0.25) is 0 Å². The lowest BCUT2D eigenvalue weighted by Gasteiger charge is -2.01. The van der Waals surface area contributed by atoms with Crippen molar-refractivity contribution >= 4 is 11.3 Å². The normalized spacial score (nSPS) is 12.6. The Morgan fingerprint density at radius 2 is 2.00 bits per heavy atom. The Balaban J connectivity index is 2.19. The van der Waals surface area contributed by atoms with Gasteiger partial charge in [-0.1, -0.05) is 37.3 Å². The van der Waals surface area contributed by atoms with Crippen LogP contribution in [0, 0.1) is 6.92 Å². The second-order valence-corrected chi connectivity index (χ2v) is 5.48. The van der Waals surface area contributed by atoms with Gasteiger partial charge in [-0.15, -0.1) is 11.3 Å². The Hall–Kier alpha value is -1.19. The van der Waals surface area contributed by atoms with Crippen LogP contribution >= 0.6 is 11.3 Å². The van der Waals surface area contributed by atoms with Gasteiger partial charge in [0.2, 0.25) is 0 Å². The van der Waals surface area contributed by atoms with E-state index in [2.05, 4.69) is 43.1 Å². The van der Waals surface area contributed by atoms with Crippen LogP contribution in [0.1, 0.15) is 34.0 Å². The van der Waals surface area contributed by atoms with E-state index in [0.29, 0.717) is 12.5 Å². The van der Waals surface area contributed by atoms with Gasteiger partial charge in [0.25, 0.3) is 0 Å². The molecule has 1 aromatic heterocycles. The summed E-state index contributed by atoms with van der Waals surface area (Å²) >= 11 is 1.80. The van der Waals surface area contributed by atoms with E-state index in [0.717, 1.165) is 17.1 Å². The van der Waals surface area contributed by atoms with Crippen LogP contribution in [0.4, 0.5) is 0 Å². The lowest BCUT2D eigenvalue weighted by molar-refractivity contribution is 0.763. The van der Waals surface area contributed by atoms with Crippen LogP contribution in [-0.4, -0.2) is 11.5 Å². The maximum atomic E-state index is 5.68. The molecule has 0 saturated heterocycles. The molecule has 1 atom stereocenters. The van der Waals surface area contributed by atoms with Crippen molar-refractivity contribution in [1.82, 2.24) is 4.98 Å². The number of hydrogen-bond acceptors (Lipinski definition) is 3. The molecular weight excluding hydrogens is 228 g/mol. The standard InChI is InChI=1S/C14H18N2S/c1-10(9-15)14-16-11(2)13(17-14)8-12-6-4-3-5-7-12/h3-7,10H,8-9,15H2,1-2H3. The molecule has 1 heterocycles. The van der Waals surface area contributed by atoms with Crippen molar-refractivity contribution in [2.24, 2.45) is 5.73 Å². The molecule has 1 unspecified atom stereocenters. The van der Waals surface area contributed by atoms with Gasteiger partial charge in [0.1, 0.15) is 0 Å². The average Bonchev–Trinajstić information content (AvgIpc) is 2.71. The van der Waals surface area contributed by atoms with Crippen molar-refractivity contribution in [3.63, 3.8) is 0 Å². The number of hydrogen-bond donors (Lipinski definition) is 1. The van der Waals surface area contributed by atoms with Gasteiger partial charge in [-0.2, -0.15) is 0 Å². The summed E-state index contributed by atoms with van der Waals surface area (Å²) in [4.78, 5) is 5.97. The molecule has 1 aromatic carbocycles. The molecule has 0 radical (unpaired) electrons. The van der Waals surface area contributed by atoms with Crippen LogP contribution < -0.4 is 5.73 Å². The second-order valence-electron chi connectivity index (χ2n) is 4.36. The van der Waals surface area contributed by atoms with Crippen molar-refractivity contribution in [2.45, 2.75) is 26.2 Å². The van der Waals surface area contributed by atoms with Crippen LogP contribution in [0.25, 0.3) is 0 Å². The van der Waals surface area contributed by atoms with Gasteiger partial charge in [-0.25, -0.2) is 4.98 Å². The second kappa shape index (κ2) is 5.43. The highest BCUT2D eigenvalue weighted by Gasteiger charge is 2.12. The third-order valence-corrected chi connectivity index (χ3v) is 4.28. The zero-order chi connectivity index (χ0) is 12.3. The summed E-state index contributed by atoms with van der Waals surface area (Å²) < 4.78 is 0. The molecule has 3 heteroatoms. The van der Waals surface area contributed by atoms with Crippen molar-refractivity contribution in [3.05, 3.63) is 51.5 Å². The molecule has 2 nitrogen and oxygen atoms in total. The summed E-state index contributed by atoms with van der Waals surface area (Å²) in [5.41, 5.74) is 8.17. The quantitative estimate of drug-likeness (QED) is 0.900. The molecule has 90 valence electrons. The van der Waals surface area contributed by atoms with E-state index in [4.69, 9.17) is 5.73 Å². The minimum atomic E-state index is 0.364. The van der Waals surface area contributed by atoms with Gasteiger partial charge in [-0.3, -0.25) is 0 Å². The first-order valence-corrected chi connectivity index (χ1v) is 6.72. The maximum absolute atomic E-state index is 5.68. The number of aromatic nitrogens is 1. The van der Waals surface area contributed by atoms with Crippen molar-refractivity contribution in [1.29, 1.82) is 0 Å². The van der Waals surface area contributed by atoms with Crippen LogP contribution in [-0.2, 0) is 6.42 Å². The largest absolute Gasteiger partial charge is 0.330 e. The minimum Gasteiger partial charge on any atom is -0.330 e. The zero-order valence-electron chi connectivity index (χ0n) is 10.3. The van der Waals surface area contributed by atoms with E-state index < -0.39 is 0 Å².